The number of hydrogen-bond acceptors (Lipinski definition) is 6. The van der Waals surface area contributed by atoms with E-state index in [1.165, 1.54) is 0 Å². The molecule has 128 valence electrons. The third-order valence-corrected chi connectivity index (χ3v) is 9.15. The average Bonchev–Trinajstić information content (AvgIpc) is 2.26. The summed E-state index contributed by atoms with van der Waals surface area (Å²) in [6, 6.07) is 0. The van der Waals surface area contributed by atoms with Crippen LogP contribution in [-0.2, 0) is 26.8 Å². The highest BCUT2D eigenvalue weighted by atomic mass is 79.9. The molecule has 21 heavy (non-hydrogen) atoms. The van der Waals surface area contributed by atoms with E-state index in [-0.39, 0.29) is 6.61 Å². The maximum absolute atomic E-state index is 11.5. The summed E-state index contributed by atoms with van der Waals surface area (Å²) in [6.45, 7) is -0.363. The number of halogens is 3. The molecule has 0 spiro atoms. The van der Waals surface area contributed by atoms with E-state index in [2.05, 4.69) is 60.9 Å². The Morgan fingerprint density at radius 2 is 1.24 bits per heavy atom. The zero-order chi connectivity index (χ0) is 16.9. The molecule has 0 rings (SSSR count). The molecule has 0 heterocycles. The highest BCUT2D eigenvalue weighted by Crippen LogP contribution is 2.66. The van der Waals surface area contributed by atoms with Gasteiger partial charge in [-0.2, -0.15) is 8.62 Å². The molecule has 0 aliphatic carbocycles. The third kappa shape index (κ3) is 9.66. The second-order valence-corrected chi connectivity index (χ2v) is 9.87. The summed E-state index contributed by atoms with van der Waals surface area (Å²) in [4.78, 5) is 35.0. The van der Waals surface area contributed by atoms with Crippen LogP contribution in [0.5, 0.6) is 0 Å². The number of rotatable bonds is 10. The Bertz CT molecular complexity index is 466. The van der Waals surface area contributed by atoms with Crippen LogP contribution in [0.3, 0.4) is 0 Å². The van der Waals surface area contributed by atoms with E-state index >= 15 is 0 Å². The van der Waals surface area contributed by atoms with Gasteiger partial charge in [-0.05, 0) is 0 Å². The second kappa shape index (κ2) is 8.80. The van der Waals surface area contributed by atoms with Gasteiger partial charge in [0.05, 0.1) is 6.61 Å². The van der Waals surface area contributed by atoms with Crippen molar-refractivity contribution in [3.8, 4) is 0 Å². The Kier molecular flexibility index (Phi) is 9.58. The highest BCUT2D eigenvalue weighted by Gasteiger charge is 2.42. The molecule has 16 heteroatoms. The molecule has 0 saturated heterocycles. The molecule has 0 saturated carbocycles. The number of alkyl halides is 3. The minimum atomic E-state index is -5.48. The Morgan fingerprint density at radius 1 is 0.810 bits per heavy atom. The van der Waals surface area contributed by atoms with Crippen molar-refractivity contribution in [3.63, 3.8) is 0 Å². The van der Waals surface area contributed by atoms with Crippen molar-refractivity contribution in [1.29, 1.82) is 0 Å². The fraction of sp³-hybridized carbons (Fsp3) is 1.00. The molecule has 0 radical (unpaired) electrons. The van der Waals surface area contributed by atoms with E-state index in [1.807, 2.05) is 0 Å². The Hall–Kier alpha value is 1.85. The van der Waals surface area contributed by atoms with E-state index in [9.17, 15) is 18.6 Å². The molecule has 10 nitrogen and oxygen atoms in total. The van der Waals surface area contributed by atoms with Gasteiger partial charge in [0.2, 0.25) is 0 Å². The Morgan fingerprint density at radius 3 is 1.57 bits per heavy atom. The summed E-state index contributed by atoms with van der Waals surface area (Å²) in [5, 5.41) is 1.06. The van der Waals surface area contributed by atoms with Gasteiger partial charge in [-0.15, -0.1) is 0 Å². The minimum Gasteiger partial charge on any atom is -0.302 e. The molecule has 0 aromatic rings. The molecule has 2 atom stereocenters. The van der Waals surface area contributed by atoms with Crippen LogP contribution in [0.15, 0.2) is 0 Å². The van der Waals surface area contributed by atoms with Crippen molar-refractivity contribution in [2.24, 2.45) is 5.41 Å². The monoisotopic (exact) mass is 562 g/mol. The van der Waals surface area contributed by atoms with E-state index < -0.39 is 28.9 Å². The first-order valence-corrected chi connectivity index (χ1v) is 12.7. The molecule has 4 N–H and O–H groups in total. The first-order chi connectivity index (χ1) is 9.30. The topological polar surface area (TPSA) is 160 Å². The van der Waals surface area contributed by atoms with Crippen LogP contribution < -0.4 is 0 Å². The van der Waals surface area contributed by atoms with Crippen LogP contribution in [-0.4, -0.2) is 42.2 Å². The normalized spacial score (nSPS) is 19.0. The van der Waals surface area contributed by atoms with Crippen LogP contribution in [0.1, 0.15) is 0 Å². The fourth-order valence-corrected chi connectivity index (χ4v) is 7.15. The summed E-state index contributed by atoms with van der Waals surface area (Å²) in [6.07, 6.45) is 0. The lowest BCUT2D eigenvalue weighted by Gasteiger charge is -2.28. The molecule has 0 aromatic heterocycles. The van der Waals surface area contributed by atoms with E-state index in [0.717, 1.165) is 0 Å². The molecular formula is C5H12Br3O10P3. The smallest absolute Gasteiger partial charge is 0.302 e. The first kappa shape index (κ1) is 22.9. The summed E-state index contributed by atoms with van der Waals surface area (Å²) in [5.74, 6) is 0. The van der Waals surface area contributed by atoms with Crippen LogP contribution in [0, 0.1) is 5.41 Å². The standard InChI is InChI=1S/C5H12Br3O10P3/c6-1-5(2-7,3-8)4-16-20(12,13)18-21(14,15)17-19(9,10)11/h1-4H2,(H,12,13)(H,14,15)(H2,9,10,11). The molecule has 0 bridgehead atoms. The van der Waals surface area contributed by atoms with Gasteiger partial charge in [-0.1, -0.05) is 47.8 Å². The average molecular weight is 565 g/mol. The minimum absolute atomic E-state index is 0.353. The summed E-state index contributed by atoms with van der Waals surface area (Å²) >= 11 is 9.53. The molecular weight excluding hydrogens is 553 g/mol. The SMILES string of the molecule is O=P(O)(O)OP(=O)(O)OP(=O)(O)OCC(CBr)(CBr)CBr. The van der Waals surface area contributed by atoms with Gasteiger partial charge in [0.25, 0.3) is 0 Å². The molecule has 0 aliphatic rings. The van der Waals surface area contributed by atoms with Gasteiger partial charge in [-0.3, -0.25) is 4.52 Å². The van der Waals surface area contributed by atoms with Crippen LogP contribution >= 0.6 is 71.3 Å². The molecule has 2 unspecified atom stereocenters. The molecule has 0 fully saturated rings. The lowest BCUT2D eigenvalue weighted by molar-refractivity contribution is 0.138. The van der Waals surface area contributed by atoms with Crippen molar-refractivity contribution < 1.29 is 46.4 Å². The summed E-state index contributed by atoms with van der Waals surface area (Å²) in [7, 11) is -15.9. The Labute approximate surface area is 145 Å². The van der Waals surface area contributed by atoms with E-state index in [1.54, 1.807) is 0 Å². The summed E-state index contributed by atoms with van der Waals surface area (Å²) in [5.41, 5.74) is -0.661. The predicted octanol–water partition coefficient (Wildman–Crippen LogP) is 2.50. The van der Waals surface area contributed by atoms with E-state index in [4.69, 9.17) is 14.7 Å². The Balaban J connectivity index is 4.82. The third-order valence-electron chi connectivity index (χ3n) is 1.80. The van der Waals surface area contributed by atoms with Gasteiger partial charge in [0.15, 0.2) is 0 Å². The lowest BCUT2D eigenvalue weighted by atomic mass is 9.98. The quantitative estimate of drug-likeness (QED) is 0.229. The second-order valence-electron chi connectivity index (χ2n) is 3.77. The van der Waals surface area contributed by atoms with Gasteiger partial charge >= 0.3 is 23.5 Å². The molecule has 0 aromatic carbocycles. The van der Waals surface area contributed by atoms with Gasteiger partial charge in [-0.25, -0.2) is 13.7 Å². The number of phosphoric ester groups is 1. The van der Waals surface area contributed by atoms with Crippen molar-refractivity contribution in [3.05, 3.63) is 0 Å². The fourth-order valence-electron chi connectivity index (χ4n) is 0.745. The van der Waals surface area contributed by atoms with Crippen LogP contribution in [0.25, 0.3) is 0 Å². The number of hydrogen-bond donors (Lipinski definition) is 4. The van der Waals surface area contributed by atoms with Gasteiger partial charge < -0.3 is 19.6 Å². The summed E-state index contributed by atoms with van der Waals surface area (Å²) < 4.78 is 44.8. The number of phosphoric acid groups is 3. The zero-order valence-corrected chi connectivity index (χ0v) is 17.5. The predicted molar refractivity (Wildman–Crippen MR) is 83.6 cm³/mol. The lowest BCUT2D eigenvalue weighted by Crippen LogP contribution is -2.32. The van der Waals surface area contributed by atoms with Crippen LogP contribution in [0.4, 0.5) is 0 Å². The van der Waals surface area contributed by atoms with Gasteiger partial charge in [0.1, 0.15) is 0 Å². The maximum Gasteiger partial charge on any atom is 0.490 e. The maximum atomic E-state index is 11.5. The zero-order valence-electron chi connectivity index (χ0n) is 10.0. The van der Waals surface area contributed by atoms with Crippen LogP contribution in [0.2, 0.25) is 0 Å². The first-order valence-electron chi connectivity index (χ1n) is 4.77. The van der Waals surface area contributed by atoms with Crippen molar-refractivity contribution >= 4 is 71.3 Å². The van der Waals surface area contributed by atoms with Gasteiger partial charge in [0, 0.05) is 21.4 Å². The highest BCUT2D eigenvalue weighted by molar-refractivity contribution is 9.10. The molecule has 0 aliphatic heterocycles. The van der Waals surface area contributed by atoms with Crippen molar-refractivity contribution in [2.75, 3.05) is 22.6 Å². The van der Waals surface area contributed by atoms with E-state index in [0.29, 0.717) is 16.0 Å². The molecule has 0 amide bonds. The van der Waals surface area contributed by atoms with Crippen molar-refractivity contribution in [1.82, 2.24) is 0 Å². The van der Waals surface area contributed by atoms with Crippen molar-refractivity contribution in [2.45, 2.75) is 0 Å². The largest absolute Gasteiger partial charge is 0.490 e.